The zero-order valence-corrected chi connectivity index (χ0v) is 8.55. The number of aliphatic hydroxyl groups excluding tert-OH is 1. The molecule has 2 N–H and O–H groups in total. The summed E-state index contributed by atoms with van der Waals surface area (Å²) in [6.07, 6.45) is 2.33. The van der Waals surface area contributed by atoms with Crippen LogP contribution in [0.3, 0.4) is 0 Å². The van der Waals surface area contributed by atoms with Crippen LogP contribution in [0.2, 0.25) is 0 Å². The average molecular weight is 210 g/mol. The number of hydrogen-bond acceptors (Lipinski definition) is 4. The molecular weight excluding hydrogens is 196 g/mol. The highest BCUT2D eigenvalue weighted by atomic mass is 16.3. The van der Waals surface area contributed by atoms with Crippen molar-refractivity contribution < 1.29 is 9.90 Å². The Morgan fingerprint density at radius 3 is 3.20 bits per heavy atom. The molecule has 0 saturated carbocycles. The van der Waals surface area contributed by atoms with Crippen LogP contribution in [-0.2, 0) is 0 Å². The van der Waals surface area contributed by atoms with E-state index in [1.807, 2.05) is 6.92 Å². The SMILES string of the molecule is CC1CCN(C(=O)c2cn[nH]n2)C1CO. The molecule has 2 atom stereocenters. The molecule has 2 rings (SSSR count). The molecule has 2 unspecified atom stereocenters. The van der Waals surface area contributed by atoms with Crippen molar-refractivity contribution in [3.63, 3.8) is 0 Å². The topological polar surface area (TPSA) is 82.1 Å². The second kappa shape index (κ2) is 3.98. The van der Waals surface area contributed by atoms with E-state index in [0.717, 1.165) is 6.42 Å². The first-order valence-electron chi connectivity index (χ1n) is 5.01. The van der Waals surface area contributed by atoms with Gasteiger partial charge in [0.05, 0.1) is 18.8 Å². The molecule has 82 valence electrons. The van der Waals surface area contributed by atoms with Crippen LogP contribution in [0.4, 0.5) is 0 Å². The highest BCUT2D eigenvalue weighted by molar-refractivity contribution is 5.92. The van der Waals surface area contributed by atoms with Crippen molar-refractivity contribution in [1.29, 1.82) is 0 Å². The van der Waals surface area contributed by atoms with Crippen LogP contribution in [0.15, 0.2) is 6.20 Å². The van der Waals surface area contributed by atoms with Crippen LogP contribution in [0, 0.1) is 5.92 Å². The number of carbonyl (C=O) groups excluding carboxylic acids is 1. The molecule has 1 saturated heterocycles. The molecule has 0 bridgehead atoms. The number of rotatable bonds is 2. The maximum Gasteiger partial charge on any atom is 0.276 e. The van der Waals surface area contributed by atoms with E-state index in [1.165, 1.54) is 6.20 Å². The first kappa shape index (κ1) is 10.1. The van der Waals surface area contributed by atoms with Crippen LogP contribution in [0.1, 0.15) is 23.8 Å². The minimum absolute atomic E-state index is 0.00472. The Bertz CT molecular complexity index is 338. The summed E-state index contributed by atoms with van der Waals surface area (Å²) in [5.74, 6) is 0.179. The van der Waals surface area contributed by atoms with Gasteiger partial charge in [-0.05, 0) is 12.3 Å². The van der Waals surface area contributed by atoms with Crippen LogP contribution in [0.25, 0.3) is 0 Å². The van der Waals surface area contributed by atoms with E-state index < -0.39 is 0 Å². The highest BCUT2D eigenvalue weighted by Gasteiger charge is 2.34. The molecule has 0 spiro atoms. The van der Waals surface area contributed by atoms with Crippen molar-refractivity contribution in [2.24, 2.45) is 5.92 Å². The van der Waals surface area contributed by atoms with Crippen molar-refractivity contribution >= 4 is 5.91 Å². The third-order valence-electron chi connectivity index (χ3n) is 2.96. The molecule has 1 aromatic heterocycles. The quantitative estimate of drug-likeness (QED) is 0.699. The molecule has 1 aromatic rings. The zero-order valence-electron chi connectivity index (χ0n) is 8.55. The number of nitrogens with one attached hydrogen (secondary N) is 1. The molecular formula is C9H14N4O2. The van der Waals surface area contributed by atoms with Crippen molar-refractivity contribution in [2.75, 3.05) is 13.2 Å². The lowest BCUT2D eigenvalue weighted by Crippen LogP contribution is -2.40. The van der Waals surface area contributed by atoms with E-state index in [9.17, 15) is 9.90 Å². The second-order valence-corrected chi connectivity index (χ2v) is 3.87. The van der Waals surface area contributed by atoms with Gasteiger partial charge in [-0.2, -0.15) is 15.4 Å². The first-order chi connectivity index (χ1) is 7.24. The van der Waals surface area contributed by atoms with Gasteiger partial charge in [0.25, 0.3) is 5.91 Å². The van der Waals surface area contributed by atoms with Crippen LogP contribution in [0.5, 0.6) is 0 Å². The van der Waals surface area contributed by atoms with Gasteiger partial charge >= 0.3 is 0 Å². The van der Waals surface area contributed by atoms with Gasteiger partial charge in [-0.25, -0.2) is 0 Å². The molecule has 6 nitrogen and oxygen atoms in total. The normalized spacial score (nSPS) is 25.9. The molecule has 15 heavy (non-hydrogen) atoms. The van der Waals surface area contributed by atoms with Crippen molar-refractivity contribution in [3.8, 4) is 0 Å². The van der Waals surface area contributed by atoms with E-state index in [1.54, 1.807) is 4.90 Å². The predicted octanol–water partition coefficient (Wildman–Crippen LogP) is -0.352. The van der Waals surface area contributed by atoms with Gasteiger partial charge in [-0.15, -0.1) is 0 Å². The van der Waals surface area contributed by atoms with Crippen LogP contribution >= 0.6 is 0 Å². The Balaban J connectivity index is 2.14. The molecule has 1 fully saturated rings. The fraction of sp³-hybridized carbons (Fsp3) is 0.667. The number of amides is 1. The lowest BCUT2D eigenvalue weighted by Gasteiger charge is -2.24. The predicted molar refractivity (Wildman–Crippen MR) is 52.1 cm³/mol. The van der Waals surface area contributed by atoms with Crippen molar-refractivity contribution in [2.45, 2.75) is 19.4 Å². The lowest BCUT2D eigenvalue weighted by molar-refractivity contribution is 0.0642. The number of H-pyrrole nitrogens is 1. The van der Waals surface area contributed by atoms with E-state index in [2.05, 4.69) is 15.4 Å². The number of hydrogen-bond donors (Lipinski definition) is 2. The Hall–Kier alpha value is -1.43. The Kier molecular flexibility index (Phi) is 2.68. The molecule has 2 heterocycles. The van der Waals surface area contributed by atoms with Crippen LogP contribution < -0.4 is 0 Å². The van der Waals surface area contributed by atoms with E-state index in [-0.39, 0.29) is 18.6 Å². The summed E-state index contributed by atoms with van der Waals surface area (Å²) in [6.45, 7) is 2.72. The molecule has 0 aromatic carbocycles. The summed E-state index contributed by atoms with van der Waals surface area (Å²) >= 11 is 0. The fourth-order valence-corrected chi connectivity index (χ4v) is 1.99. The summed E-state index contributed by atoms with van der Waals surface area (Å²) in [7, 11) is 0. The van der Waals surface area contributed by atoms with E-state index in [0.29, 0.717) is 18.2 Å². The molecule has 6 heteroatoms. The van der Waals surface area contributed by atoms with Gasteiger partial charge in [-0.1, -0.05) is 6.92 Å². The largest absolute Gasteiger partial charge is 0.394 e. The monoisotopic (exact) mass is 210 g/mol. The molecule has 1 amide bonds. The zero-order chi connectivity index (χ0) is 10.8. The van der Waals surface area contributed by atoms with Gasteiger partial charge in [0, 0.05) is 6.54 Å². The number of carbonyl (C=O) groups is 1. The van der Waals surface area contributed by atoms with Gasteiger partial charge < -0.3 is 10.0 Å². The average Bonchev–Trinajstić information content (AvgIpc) is 2.85. The highest BCUT2D eigenvalue weighted by Crippen LogP contribution is 2.24. The third kappa shape index (κ3) is 1.72. The Morgan fingerprint density at radius 2 is 2.60 bits per heavy atom. The third-order valence-corrected chi connectivity index (χ3v) is 2.96. The minimum atomic E-state index is -0.160. The molecule has 0 aliphatic carbocycles. The van der Waals surface area contributed by atoms with Gasteiger partial charge in [0.2, 0.25) is 0 Å². The first-order valence-corrected chi connectivity index (χ1v) is 5.01. The van der Waals surface area contributed by atoms with Crippen LogP contribution in [-0.4, -0.2) is 50.5 Å². The summed E-state index contributed by atoms with van der Waals surface area (Å²) < 4.78 is 0. The number of aromatic nitrogens is 3. The van der Waals surface area contributed by atoms with E-state index in [4.69, 9.17) is 0 Å². The number of nitrogens with zero attached hydrogens (tertiary/aromatic N) is 3. The Morgan fingerprint density at radius 1 is 1.80 bits per heavy atom. The van der Waals surface area contributed by atoms with E-state index >= 15 is 0 Å². The molecule has 1 aliphatic rings. The van der Waals surface area contributed by atoms with Gasteiger partial charge in [0.1, 0.15) is 0 Å². The summed E-state index contributed by atoms with van der Waals surface area (Å²) in [5.41, 5.74) is 0.308. The van der Waals surface area contributed by atoms with Crippen molar-refractivity contribution in [1.82, 2.24) is 20.3 Å². The molecule has 0 radical (unpaired) electrons. The maximum atomic E-state index is 11.9. The van der Waals surface area contributed by atoms with Crippen molar-refractivity contribution in [3.05, 3.63) is 11.9 Å². The lowest BCUT2D eigenvalue weighted by atomic mass is 10.0. The Labute approximate surface area is 87.3 Å². The summed E-state index contributed by atoms with van der Waals surface area (Å²) in [6, 6.07) is -0.0887. The van der Waals surface area contributed by atoms with Gasteiger partial charge in [-0.3, -0.25) is 4.79 Å². The molecule has 1 aliphatic heterocycles. The minimum Gasteiger partial charge on any atom is -0.394 e. The van der Waals surface area contributed by atoms with Gasteiger partial charge in [0.15, 0.2) is 5.69 Å². The summed E-state index contributed by atoms with van der Waals surface area (Å²) in [4.78, 5) is 13.6. The standard InChI is InChI=1S/C9H14N4O2/c1-6-2-3-13(8(6)5-14)9(15)7-4-10-12-11-7/h4,6,8,14H,2-3,5H2,1H3,(H,10,11,12). The maximum absolute atomic E-state index is 11.9. The second-order valence-electron chi connectivity index (χ2n) is 3.87. The number of aromatic amines is 1. The number of likely N-dealkylation sites (tertiary alicyclic amines) is 1. The smallest absolute Gasteiger partial charge is 0.276 e. The fourth-order valence-electron chi connectivity index (χ4n) is 1.99. The number of aliphatic hydroxyl groups is 1. The summed E-state index contributed by atoms with van der Waals surface area (Å²) in [5, 5.41) is 19.0.